The first-order valence-corrected chi connectivity index (χ1v) is 4.26. The maximum Gasteiger partial charge on any atom is 0.181 e. The molecule has 0 atom stereocenters. The van der Waals surface area contributed by atoms with Crippen LogP contribution in [0.5, 0.6) is 0 Å². The van der Waals surface area contributed by atoms with E-state index in [1.807, 2.05) is 0 Å². The molecule has 4 nitrogen and oxygen atoms in total. The van der Waals surface area contributed by atoms with E-state index >= 15 is 0 Å². The van der Waals surface area contributed by atoms with Crippen molar-refractivity contribution in [3.8, 4) is 0 Å². The molecule has 0 unspecified atom stereocenters. The molecule has 0 N–H and O–H groups in total. The zero-order valence-electron chi connectivity index (χ0n) is 6.89. The van der Waals surface area contributed by atoms with E-state index in [0.29, 0.717) is 17.2 Å². The smallest absolute Gasteiger partial charge is 0.181 e. The van der Waals surface area contributed by atoms with Gasteiger partial charge in [0.2, 0.25) is 0 Å². The van der Waals surface area contributed by atoms with E-state index in [1.54, 1.807) is 12.1 Å². The molecule has 0 aromatic carbocycles. The van der Waals surface area contributed by atoms with Crippen molar-refractivity contribution in [3.63, 3.8) is 0 Å². The number of rotatable bonds is 4. The number of halogens is 1. The second-order valence-electron chi connectivity index (χ2n) is 2.25. The molecule has 0 bridgehead atoms. The van der Waals surface area contributed by atoms with Gasteiger partial charge in [-0.25, -0.2) is 0 Å². The fourth-order valence-corrected chi connectivity index (χ4v) is 0.765. The number of pyridine rings is 1. The second-order valence-corrected chi connectivity index (χ2v) is 2.63. The molecule has 0 aliphatic carbocycles. The van der Waals surface area contributed by atoms with Gasteiger partial charge in [0.05, 0.1) is 12.1 Å². The Morgan fingerprint density at radius 1 is 1.54 bits per heavy atom. The largest absolute Gasteiger partial charge is 0.619 e. The molecule has 70 valence electrons. The van der Waals surface area contributed by atoms with Crippen LogP contribution in [0.25, 0.3) is 0 Å². The van der Waals surface area contributed by atoms with Crippen molar-refractivity contribution in [3.05, 3.63) is 35.3 Å². The summed E-state index contributed by atoms with van der Waals surface area (Å²) in [6.45, 7) is 0.381. The molecular formula is C8H9ClN2O2. The van der Waals surface area contributed by atoms with E-state index < -0.39 is 0 Å². The van der Waals surface area contributed by atoms with Crippen molar-refractivity contribution in [2.45, 2.75) is 0 Å². The Kier molecular flexibility index (Phi) is 4.05. The summed E-state index contributed by atoms with van der Waals surface area (Å²) < 4.78 is 0.705. The Bertz CT molecular complexity index is 274. The van der Waals surface area contributed by atoms with Crippen LogP contribution < -0.4 is 4.73 Å². The van der Waals surface area contributed by atoms with Crippen molar-refractivity contribution in [1.82, 2.24) is 0 Å². The first-order chi connectivity index (χ1) is 6.33. The van der Waals surface area contributed by atoms with Crippen molar-refractivity contribution >= 4 is 17.8 Å². The minimum Gasteiger partial charge on any atom is -0.619 e. The maximum absolute atomic E-state index is 10.6. The minimum absolute atomic E-state index is 0.381. The topological polar surface area (TPSA) is 48.5 Å². The third-order valence-electron chi connectivity index (χ3n) is 1.27. The Labute approximate surface area is 81.0 Å². The highest BCUT2D eigenvalue weighted by Crippen LogP contribution is 1.90. The summed E-state index contributed by atoms with van der Waals surface area (Å²) in [7, 11) is 0. The van der Waals surface area contributed by atoms with Crippen LogP contribution in [0.2, 0.25) is 0 Å². The van der Waals surface area contributed by atoms with E-state index in [-0.39, 0.29) is 0 Å². The zero-order chi connectivity index (χ0) is 9.52. The predicted octanol–water partition coefficient (Wildman–Crippen LogP) is 0.909. The van der Waals surface area contributed by atoms with Crippen LogP contribution in [0.1, 0.15) is 5.56 Å². The molecule has 1 heterocycles. The molecule has 0 aliphatic rings. The van der Waals surface area contributed by atoms with E-state index in [9.17, 15) is 5.21 Å². The summed E-state index contributed by atoms with van der Waals surface area (Å²) in [6, 6.07) is 3.28. The van der Waals surface area contributed by atoms with Gasteiger partial charge in [0.25, 0.3) is 0 Å². The van der Waals surface area contributed by atoms with E-state index in [0.717, 1.165) is 5.56 Å². The molecule has 0 fully saturated rings. The number of oxime groups is 1. The standard InChI is InChI=1S/C8H9ClN2O2/c9-3-6-13-10-7-8-1-4-11(12)5-2-8/h1-2,4-5,7H,3,6H2/b10-7+. The molecule has 13 heavy (non-hydrogen) atoms. The number of aromatic nitrogens is 1. The summed E-state index contributed by atoms with van der Waals surface area (Å²) in [5.74, 6) is 0.409. The predicted molar refractivity (Wildman–Crippen MR) is 49.7 cm³/mol. The SMILES string of the molecule is [O-][n+]1ccc(/C=N/OCCCl)cc1. The van der Waals surface area contributed by atoms with Crippen LogP contribution in [-0.2, 0) is 4.84 Å². The Morgan fingerprint density at radius 2 is 2.23 bits per heavy atom. The molecule has 1 aromatic heterocycles. The Hall–Kier alpha value is -1.29. The van der Waals surface area contributed by atoms with E-state index in [1.165, 1.54) is 18.6 Å². The third kappa shape index (κ3) is 3.75. The van der Waals surface area contributed by atoms with Gasteiger partial charge < -0.3 is 10.0 Å². The summed E-state index contributed by atoms with van der Waals surface area (Å²) in [5.41, 5.74) is 0.807. The van der Waals surface area contributed by atoms with Crippen LogP contribution >= 0.6 is 11.6 Å². The molecule has 0 amide bonds. The van der Waals surface area contributed by atoms with Gasteiger partial charge in [0.15, 0.2) is 12.4 Å². The van der Waals surface area contributed by atoms with Crippen molar-refractivity contribution in [2.75, 3.05) is 12.5 Å². The quantitative estimate of drug-likeness (QED) is 0.181. The van der Waals surface area contributed by atoms with Crippen LogP contribution in [0.15, 0.2) is 29.7 Å². The molecule has 0 radical (unpaired) electrons. The highest BCUT2D eigenvalue weighted by Gasteiger charge is 1.90. The summed E-state index contributed by atoms with van der Waals surface area (Å²) >= 11 is 5.36. The highest BCUT2D eigenvalue weighted by atomic mass is 35.5. The lowest BCUT2D eigenvalue weighted by Crippen LogP contribution is -2.23. The fourth-order valence-electron chi connectivity index (χ4n) is 0.696. The third-order valence-corrected chi connectivity index (χ3v) is 1.43. The van der Waals surface area contributed by atoms with Gasteiger partial charge in [-0.2, -0.15) is 4.73 Å². The molecule has 1 aromatic rings. The first kappa shape index (κ1) is 9.80. The van der Waals surface area contributed by atoms with Gasteiger partial charge in [-0.15, -0.1) is 11.6 Å². The van der Waals surface area contributed by atoms with Crippen molar-refractivity contribution < 1.29 is 9.57 Å². The normalized spacial score (nSPS) is 10.5. The van der Waals surface area contributed by atoms with Crippen LogP contribution in [-0.4, -0.2) is 18.7 Å². The van der Waals surface area contributed by atoms with Crippen LogP contribution in [0.3, 0.4) is 0 Å². The van der Waals surface area contributed by atoms with E-state index in [2.05, 4.69) is 5.16 Å². The molecule has 0 spiro atoms. The summed E-state index contributed by atoms with van der Waals surface area (Å²) in [5, 5.41) is 14.3. The maximum atomic E-state index is 10.6. The number of hydrogen-bond acceptors (Lipinski definition) is 3. The van der Waals surface area contributed by atoms with Crippen molar-refractivity contribution in [1.29, 1.82) is 0 Å². The Balaban J connectivity index is 2.44. The number of nitrogens with zero attached hydrogens (tertiary/aromatic N) is 2. The van der Waals surface area contributed by atoms with Gasteiger partial charge in [-0.1, -0.05) is 5.16 Å². The minimum atomic E-state index is 0.381. The van der Waals surface area contributed by atoms with E-state index in [4.69, 9.17) is 16.4 Å². The van der Waals surface area contributed by atoms with Gasteiger partial charge >= 0.3 is 0 Å². The number of hydrogen-bond donors (Lipinski definition) is 0. The summed E-state index contributed by atoms with van der Waals surface area (Å²) in [4.78, 5) is 4.77. The average molecular weight is 201 g/mol. The molecule has 1 rings (SSSR count). The number of alkyl halides is 1. The van der Waals surface area contributed by atoms with Gasteiger partial charge in [0.1, 0.15) is 6.61 Å². The zero-order valence-corrected chi connectivity index (χ0v) is 7.65. The lowest BCUT2D eigenvalue weighted by Gasteiger charge is -1.95. The lowest BCUT2D eigenvalue weighted by molar-refractivity contribution is -0.605. The van der Waals surface area contributed by atoms with Gasteiger partial charge in [-0.3, -0.25) is 0 Å². The molecular weight excluding hydrogens is 192 g/mol. The lowest BCUT2D eigenvalue weighted by atomic mass is 10.3. The van der Waals surface area contributed by atoms with Crippen molar-refractivity contribution in [2.24, 2.45) is 5.16 Å². The summed E-state index contributed by atoms with van der Waals surface area (Å²) in [6.07, 6.45) is 4.30. The molecule has 5 heteroatoms. The van der Waals surface area contributed by atoms with Gasteiger partial charge in [0, 0.05) is 17.7 Å². The monoisotopic (exact) mass is 200 g/mol. The van der Waals surface area contributed by atoms with Crippen LogP contribution in [0, 0.1) is 5.21 Å². The average Bonchev–Trinajstić information content (AvgIpc) is 2.15. The molecule has 0 aliphatic heterocycles. The highest BCUT2D eigenvalue weighted by molar-refractivity contribution is 6.17. The Morgan fingerprint density at radius 3 is 2.85 bits per heavy atom. The molecule has 0 saturated heterocycles. The van der Waals surface area contributed by atoms with Gasteiger partial charge in [-0.05, 0) is 0 Å². The fraction of sp³-hybridized carbons (Fsp3) is 0.250. The molecule has 0 saturated carbocycles. The van der Waals surface area contributed by atoms with Crippen LogP contribution in [0.4, 0.5) is 0 Å². The second kappa shape index (κ2) is 5.37. The first-order valence-electron chi connectivity index (χ1n) is 3.73.